The topological polar surface area (TPSA) is 77.1 Å². The molecule has 7 nitrogen and oxygen atoms in total. The third-order valence-electron chi connectivity index (χ3n) is 3.56. The Morgan fingerprint density at radius 2 is 1.73 bits per heavy atom. The predicted octanol–water partition coefficient (Wildman–Crippen LogP) is 0.561. The lowest BCUT2D eigenvalue weighted by Gasteiger charge is -2.23. The Hall–Kier alpha value is -2.44. The van der Waals surface area contributed by atoms with Gasteiger partial charge in [0.05, 0.1) is 40.0 Å². The number of nitrogens with zero attached hydrogens (tertiary/aromatic N) is 1. The summed E-state index contributed by atoms with van der Waals surface area (Å²) >= 11 is 0. The Morgan fingerprint density at radius 3 is 2.27 bits per heavy atom. The lowest BCUT2D eigenvalue weighted by molar-refractivity contribution is -0.130. The van der Waals surface area contributed by atoms with Crippen LogP contribution in [-0.4, -0.2) is 51.1 Å². The van der Waals surface area contributed by atoms with Crippen molar-refractivity contribution in [2.45, 2.75) is 13.0 Å². The Kier molecular flexibility index (Phi) is 5.08. The van der Waals surface area contributed by atoms with E-state index in [2.05, 4.69) is 5.32 Å². The quantitative estimate of drug-likeness (QED) is 0.860. The Labute approximate surface area is 129 Å². The molecule has 1 aromatic carbocycles. The molecule has 120 valence electrons. The number of carbonyl (C=O) groups excluding carboxylic acids is 2. The molecule has 0 spiro atoms. The van der Waals surface area contributed by atoms with Crippen molar-refractivity contribution in [1.82, 2.24) is 10.2 Å². The number of ether oxygens (including phenoxy) is 3. The molecule has 0 aliphatic carbocycles. The van der Waals surface area contributed by atoms with Gasteiger partial charge in [-0.2, -0.15) is 0 Å². The fraction of sp³-hybridized carbons (Fsp3) is 0.467. The van der Waals surface area contributed by atoms with E-state index in [1.807, 2.05) is 0 Å². The summed E-state index contributed by atoms with van der Waals surface area (Å²) in [5.41, 5.74) is 0.744. The van der Waals surface area contributed by atoms with Gasteiger partial charge in [0.15, 0.2) is 0 Å². The van der Waals surface area contributed by atoms with Crippen molar-refractivity contribution in [2.24, 2.45) is 0 Å². The molecule has 1 aromatic rings. The SMILES string of the molecule is COc1cc(OC)c(CN2CCC(=O)NCC2=O)c(OC)c1. The highest BCUT2D eigenvalue weighted by Crippen LogP contribution is 2.35. The Morgan fingerprint density at radius 1 is 1.09 bits per heavy atom. The minimum absolute atomic E-state index is 0.0135. The molecular formula is C15H20N2O5. The van der Waals surface area contributed by atoms with Crippen LogP contribution in [0.2, 0.25) is 0 Å². The van der Waals surface area contributed by atoms with Gasteiger partial charge in [-0.05, 0) is 0 Å². The highest BCUT2D eigenvalue weighted by atomic mass is 16.5. The van der Waals surface area contributed by atoms with Crippen molar-refractivity contribution >= 4 is 11.8 Å². The highest BCUT2D eigenvalue weighted by Gasteiger charge is 2.23. The molecule has 22 heavy (non-hydrogen) atoms. The highest BCUT2D eigenvalue weighted by molar-refractivity contribution is 5.87. The van der Waals surface area contributed by atoms with Crippen LogP contribution in [0.5, 0.6) is 17.2 Å². The fourth-order valence-corrected chi connectivity index (χ4v) is 2.33. The zero-order valence-corrected chi connectivity index (χ0v) is 13.0. The predicted molar refractivity (Wildman–Crippen MR) is 79.1 cm³/mol. The number of hydrogen-bond acceptors (Lipinski definition) is 5. The summed E-state index contributed by atoms with van der Waals surface area (Å²) in [5.74, 6) is 1.51. The fourth-order valence-electron chi connectivity index (χ4n) is 2.33. The minimum Gasteiger partial charge on any atom is -0.496 e. The van der Waals surface area contributed by atoms with Gasteiger partial charge in [-0.25, -0.2) is 0 Å². The van der Waals surface area contributed by atoms with E-state index in [4.69, 9.17) is 14.2 Å². The second-order valence-electron chi connectivity index (χ2n) is 4.85. The van der Waals surface area contributed by atoms with Crippen LogP contribution < -0.4 is 19.5 Å². The number of rotatable bonds is 5. The van der Waals surface area contributed by atoms with Crippen LogP contribution in [0.25, 0.3) is 0 Å². The van der Waals surface area contributed by atoms with E-state index in [1.54, 1.807) is 38.4 Å². The molecule has 1 aliphatic heterocycles. The van der Waals surface area contributed by atoms with Crippen LogP contribution in [0.1, 0.15) is 12.0 Å². The molecule has 1 saturated heterocycles. The molecule has 2 amide bonds. The second kappa shape index (κ2) is 7.02. The molecule has 0 saturated carbocycles. The molecule has 1 heterocycles. The van der Waals surface area contributed by atoms with Gasteiger partial charge in [-0.3, -0.25) is 9.59 Å². The van der Waals surface area contributed by atoms with E-state index in [0.717, 1.165) is 5.56 Å². The molecule has 0 unspecified atom stereocenters. The van der Waals surface area contributed by atoms with E-state index >= 15 is 0 Å². The first kappa shape index (κ1) is 15.9. The zero-order chi connectivity index (χ0) is 16.1. The van der Waals surface area contributed by atoms with Crippen molar-refractivity contribution in [3.63, 3.8) is 0 Å². The summed E-state index contributed by atoms with van der Waals surface area (Å²) < 4.78 is 16.0. The number of amides is 2. The first-order chi connectivity index (χ1) is 10.6. The summed E-state index contributed by atoms with van der Waals surface area (Å²) in [6, 6.07) is 3.48. The number of methoxy groups -OCH3 is 3. The molecular weight excluding hydrogens is 288 g/mol. The maximum Gasteiger partial charge on any atom is 0.242 e. The smallest absolute Gasteiger partial charge is 0.242 e. The van der Waals surface area contributed by atoms with E-state index in [0.29, 0.717) is 30.3 Å². The maximum atomic E-state index is 12.1. The molecule has 0 aromatic heterocycles. The van der Waals surface area contributed by atoms with Gasteiger partial charge in [0.2, 0.25) is 11.8 Å². The third kappa shape index (κ3) is 3.41. The molecule has 2 rings (SSSR count). The summed E-state index contributed by atoms with van der Waals surface area (Å²) in [4.78, 5) is 25.1. The monoisotopic (exact) mass is 308 g/mol. The average Bonchev–Trinajstić information content (AvgIpc) is 2.70. The van der Waals surface area contributed by atoms with Crippen LogP contribution in [0.15, 0.2) is 12.1 Å². The number of hydrogen-bond donors (Lipinski definition) is 1. The van der Waals surface area contributed by atoms with Crippen LogP contribution in [0.4, 0.5) is 0 Å². The number of nitrogens with one attached hydrogen (secondary N) is 1. The first-order valence-electron chi connectivity index (χ1n) is 6.92. The van der Waals surface area contributed by atoms with Crippen LogP contribution in [-0.2, 0) is 16.1 Å². The van der Waals surface area contributed by atoms with E-state index in [1.165, 1.54) is 0 Å². The second-order valence-corrected chi connectivity index (χ2v) is 4.85. The molecule has 0 atom stereocenters. The first-order valence-corrected chi connectivity index (χ1v) is 6.92. The van der Waals surface area contributed by atoms with Gasteiger partial charge in [-0.1, -0.05) is 0 Å². The third-order valence-corrected chi connectivity index (χ3v) is 3.56. The van der Waals surface area contributed by atoms with E-state index < -0.39 is 0 Å². The Bertz CT molecular complexity index is 548. The number of carbonyl (C=O) groups is 2. The van der Waals surface area contributed by atoms with Gasteiger partial charge < -0.3 is 24.4 Å². The number of benzene rings is 1. The standard InChI is InChI=1S/C15H20N2O5/c1-20-10-6-12(21-2)11(13(7-10)22-3)9-17-5-4-14(18)16-8-15(17)19/h6-7H,4-5,8-9H2,1-3H3,(H,16,18). The van der Waals surface area contributed by atoms with Gasteiger partial charge in [0, 0.05) is 25.1 Å². The molecule has 0 bridgehead atoms. The van der Waals surface area contributed by atoms with Gasteiger partial charge >= 0.3 is 0 Å². The average molecular weight is 308 g/mol. The van der Waals surface area contributed by atoms with Crippen molar-refractivity contribution in [3.05, 3.63) is 17.7 Å². The largest absolute Gasteiger partial charge is 0.496 e. The van der Waals surface area contributed by atoms with E-state index in [9.17, 15) is 9.59 Å². The van der Waals surface area contributed by atoms with Crippen molar-refractivity contribution in [2.75, 3.05) is 34.4 Å². The molecule has 7 heteroatoms. The Balaban J connectivity index is 2.31. The van der Waals surface area contributed by atoms with Gasteiger partial charge in [-0.15, -0.1) is 0 Å². The lowest BCUT2D eigenvalue weighted by atomic mass is 10.1. The van der Waals surface area contributed by atoms with Gasteiger partial charge in [0.1, 0.15) is 17.2 Å². The summed E-state index contributed by atoms with van der Waals surface area (Å²) in [6.07, 6.45) is 0.284. The van der Waals surface area contributed by atoms with Crippen molar-refractivity contribution in [1.29, 1.82) is 0 Å². The van der Waals surface area contributed by atoms with E-state index in [-0.39, 0.29) is 24.8 Å². The van der Waals surface area contributed by atoms with Crippen molar-refractivity contribution < 1.29 is 23.8 Å². The van der Waals surface area contributed by atoms with Crippen LogP contribution in [0.3, 0.4) is 0 Å². The van der Waals surface area contributed by atoms with Crippen LogP contribution >= 0.6 is 0 Å². The minimum atomic E-state index is -0.134. The summed E-state index contributed by atoms with van der Waals surface area (Å²) in [6.45, 7) is 0.687. The normalized spacial score (nSPS) is 15.1. The summed E-state index contributed by atoms with van der Waals surface area (Å²) in [5, 5.41) is 2.57. The summed E-state index contributed by atoms with van der Waals surface area (Å²) in [7, 11) is 4.66. The lowest BCUT2D eigenvalue weighted by Crippen LogP contribution is -2.34. The molecule has 0 radical (unpaired) electrons. The van der Waals surface area contributed by atoms with Gasteiger partial charge in [0.25, 0.3) is 0 Å². The maximum absolute atomic E-state index is 12.1. The van der Waals surface area contributed by atoms with Crippen LogP contribution in [0, 0.1) is 0 Å². The molecule has 1 fully saturated rings. The zero-order valence-electron chi connectivity index (χ0n) is 13.0. The molecule has 1 N–H and O–H groups in total. The molecule has 1 aliphatic rings. The van der Waals surface area contributed by atoms with Crippen molar-refractivity contribution in [3.8, 4) is 17.2 Å².